The van der Waals surface area contributed by atoms with E-state index in [1.807, 2.05) is 10.7 Å². The molecule has 0 spiro atoms. The van der Waals surface area contributed by atoms with E-state index in [9.17, 15) is 14.6 Å². The van der Waals surface area contributed by atoms with Crippen LogP contribution in [0, 0.1) is 0 Å². The zero-order chi connectivity index (χ0) is 24.5. The van der Waals surface area contributed by atoms with E-state index < -0.39 is 12.3 Å². The molecule has 0 radical (unpaired) electrons. The van der Waals surface area contributed by atoms with Crippen molar-refractivity contribution in [2.75, 3.05) is 54.5 Å². The third-order valence-corrected chi connectivity index (χ3v) is 6.39. The standard InChI is InChI=1S/C23H31FN8O3/c1-14(2)32-18-9-21(26-10-16(18)22(29-32)30-7-8-35-15(11-30)13-33)27-20-3-5-25-23(28-20)31-6-4-19(34)17(24)12-31/h3,5,9-10,14-15,17,19,33-34H,4,6-8,11-13H2,1-2H3,(H,25,26,27,28)/t15-,17-,19+/m0/s1. The number of aromatic nitrogens is 5. The molecule has 3 aromatic heterocycles. The first kappa shape index (κ1) is 23.6. The SMILES string of the molecule is CC(C)n1nc(N2CCO[C@H](CO)C2)c2cnc(Nc3ccnc(N4CC[C@@H](O)[C@@H](F)C4)n3)cc21. The molecule has 35 heavy (non-hydrogen) atoms. The number of pyridine rings is 1. The van der Waals surface area contributed by atoms with E-state index >= 15 is 0 Å². The normalized spacial score (nSPS) is 23.3. The van der Waals surface area contributed by atoms with Crippen LogP contribution in [0.2, 0.25) is 0 Å². The summed E-state index contributed by atoms with van der Waals surface area (Å²) < 4.78 is 21.5. The van der Waals surface area contributed by atoms with Crippen molar-refractivity contribution in [3.05, 3.63) is 24.5 Å². The van der Waals surface area contributed by atoms with Crippen molar-refractivity contribution in [1.29, 1.82) is 0 Å². The molecule has 0 saturated carbocycles. The highest BCUT2D eigenvalue weighted by atomic mass is 19.1. The summed E-state index contributed by atoms with van der Waals surface area (Å²) >= 11 is 0. The average molecular weight is 487 g/mol. The first-order valence-corrected chi connectivity index (χ1v) is 12.0. The van der Waals surface area contributed by atoms with Crippen LogP contribution in [0.3, 0.4) is 0 Å². The van der Waals surface area contributed by atoms with Gasteiger partial charge in [0.1, 0.15) is 17.8 Å². The third kappa shape index (κ3) is 4.86. The highest BCUT2D eigenvalue weighted by molar-refractivity contribution is 5.92. The number of nitrogens with zero attached hydrogens (tertiary/aromatic N) is 7. The Balaban J connectivity index is 1.41. The van der Waals surface area contributed by atoms with Crippen molar-refractivity contribution in [3.63, 3.8) is 0 Å². The van der Waals surface area contributed by atoms with Crippen LogP contribution in [-0.4, -0.2) is 92.7 Å². The molecule has 12 heteroatoms. The van der Waals surface area contributed by atoms with Crippen molar-refractivity contribution in [2.45, 2.75) is 44.7 Å². The van der Waals surface area contributed by atoms with E-state index in [0.29, 0.717) is 50.2 Å². The minimum Gasteiger partial charge on any atom is -0.394 e. The Hall–Kier alpha value is -3.09. The van der Waals surface area contributed by atoms with Crippen molar-refractivity contribution >= 4 is 34.3 Å². The van der Waals surface area contributed by atoms with Crippen LogP contribution < -0.4 is 15.1 Å². The number of morpholine rings is 1. The minimum absolute atomic E-state index is 0.0312. The summed E-state index contributed by atoms with van der Waals surface area (Å²) in [6.45, 7) is 6.46. The molecule has 0 aliphatic carbocycles. The van der Waals surface area contributed by atoms with Gasteiger partial charge in [0.05, 0.1) is 42.9 Å². The lowest BCUT2D eigenvalue weighted by Gasteiger charge is -2.32. The van der Waals surface area contributed by atoms with E-state index in [2.05, 4.69) is 39.0 Å². The largest absolute Gasteiger partial charge is 0.394 e. The Bertz CT molecular complexity index is 1170. The van der Waals surface area contributed by atoms with Gasteiger partial charge in [-0.3, -0.25) is 4.68 Å². The second-order valence-corrected chi connectivity index (χ2v) is 9.25. The highest BCUT2D eigenvalue weighted by Crippen LogP contribution is 2.31. The second-order valence-electron chi connectivity index (χ2n) is 9.25. The van der Waals surface area contributed by atoms with Crippen LogP contribution >= 0.6 is 0 Å². The van der Waals surface area contributed by atoms with Crippen molar-refractivity contribution in [1.82, 2.24) is 24.7 Å². The zero-order valence-electron chi connectivity index (χ0n) is 19.9. The number of aliphatic hydroxyl groups excluding tert-OH is 2. The van der Waals surface area contributed by atoms with Gasteiger partial charge >= 0.3 is 0 Å². The number of piperidine rings is 1. The van der Waals surface area contributed by atoms with E-state index in [1.165, 1.54) is 0 Å². The number of hydrogen-bond acceptors (Lipinski definition) is 10. The van der Waals surface area contributed by atoms with E-state index in [-0.39, 0.29) is 25.3 Å². The Morgan fingerprint density at radius 1 is 1.20 bits per heavy atom. The van der Waals surface area contributed by atoms with Crippen LogP contribution in [-0.2, 0) is 4.74 Å². The monoisotopic (exact) mass is 486 g/mol. The maximum atomic E-state index is 14.0. The molecule has 5 rings (SSSR count). The first-order valence-electron chi connectivity index (χ1n) is 12.0. The lowest BCUT2D eigenvalue weighted by atomic mass is 10.1. The zero-order valence-corrected chi connectivity index (χ0v) is 19.9. The summed E-state index contributed by atoms with van der Waals surface area (Å²) in [6.07, 6.45) is 1.26. The highest BCUT2D eigenvalue weighted by Gasteiger charge is 2.29. The van der Waals surface area contributed by atoms with E-state index in [4.69, 9.17) is 9.84 Å². The summed E-state index contributed by atoms with van der Waals surface area (Å²) in [7, 11) is 0. The Labute approximate surface area is 202 Å². The molecule has 2 aliphatic rings. The van der Waals surface area contributed by atoms with Crippen LogP contribution in [0.5, 0.6) is 0 Å². The molecule has 0 bridgehead atoms. The number of hydrogen-bond donors (Lipinski definition) is 3. The number of ether oxygens (including phenoxy) is 1. The number of nitrogens with one attached hydrogen (secondary N) is 1. The number of anilines is 4. The van der Waals surface area contributed by atoms with Gasteiger partial charge in [0.25, 0.3) is 0 Å². The van der Waals surface area contributed by atoms with Gasteiger partial charge in [0, 0.05) is 44.1 Å². The summed E-state index contributed by atoms with van der Waals surface area (Å²) in [6, 6.07) is 3.80. The molecule has 3 aromatic rings. The van der Waals surface area contributed by atoms with E-state index in [0.717, 1.165) is 16.7 Å². The van der Waals surface area contributed by atoms with Gasteiger partial charge in [-0.15, -0.1) is 0 Å². The molecule has 2 fully saturated rings. The minimum atomic E-state index is -1.32. The fourth-order valence-corrected chi connectivity index (χ4v) is 4.51. The van der Waals surface area contributed by atoms with Gasteiger partial charge < -0.3 is 30.1 Å². The molecule has 0 unspecified atom stereocenters. The number of rotatable bonds is 6. The molecular weight excluding hydrogens is 455 g/mol. The van der Waals surface area contributed by atoms with Crippen LogP contribution in [0.4, 0.5) is 27.8 Å². The molecule has 2 aliphatic heterocycles. The lowest BCUT2D eigenvalue weighted by Crippen LogP contribution is -2.45. The van der Waals surface area contributed by atoms with Crippen molar-refractivity contribution in [2.24, 2.45) is 0 Å². The lowest BCUT2D eigenvalue weighted by molar-refractivity contribution is 0.00339. The number of alkyl halides is 1. The molecule has 5 heterocycles. The summed E-state index contributed by atoms with van der Waals surface area (Å²) in [5.41, 5.74) is 0.930. The maximum absolute atomic E-state index is 14.0. The summed E-state index contributed by atoms with van der Waals surface area (Å²) in [4.78, 5) is 17.3. The molecule has 11 nitrogen and oxygen atoms in total. The van der Waals surface area contributed by atoms with Gasteiger partial charge in [-0.25, -0.2) is 14.4 Å². The first-order chi connectivity index (χ1) is 16.9. The molecule has 0 aromatic carbocycles. The molecule has 3 N–H and O–H groups in total. The summed E-state index contributed by atoms with van der Waals surface area (Å²) in [5.74, 6) is 2.37. The quantitative estimate of drug-likeness (QED) is 0.474. The van der Waals surface area contributed by atoms with Gasteiger partial charge in [0.2, 0.25) is 5.95 Å². The topological polar surface area (TPSA) is 125 Å². The van der Waals surface area contributed by atoms with Crippen LogP contribution in [0.15, 0.2) is 24.5 Å². The fourth-order valence-electron chi connectivity index (χ4n) is 4.51. The van der Waals surface area contributed by atoms with Crippen LogP contribution in [0.1, 0.15) is 26.3 Å². The molecule has 3 atom stereocenters. The number of aliphatic hydroxyl groups is 2. The van der Waals surface area contributed by atoms with Crippen molar-refractivity contribution < 1.29 is 19.3 Å². The Kier molecular flexibility index (Phi) is 6.67. The Morgan fingerprint density at radius 3 is 2.83 bits per heavy atom. The smallest absolute Gasteiger partial charge is 0.227 e. The Morgan fingerprint density at radius 2 is 2.06 bits per heavy atom. The number of halogens is 1. The maximum Gasteiger partial charge on any atom is 0.227 e. The van der Waals surface area contributed by atoms with Gasteiger partial charge in [-0.05, 0) is 26.3 Å². The molecule has 188 valence electrons. The number of fused-ring (bicyclic) bond motifs is 1. The predicted octanol–water partition coefficient (Wildman–Crippen LogP) is 1.65. The summed E-state index contributed by atoms with van der Waals surface area (Å²) in [5, 5.41) is 28.2. The third-order valence-electron chi connectivity index (χ3n) is 6.39. The molecular formula is C23H31FN8O3. The second kappa shape index (κ2) is 9.88. The molecule has 2 saturated heterocycles. The predicted molar refractivity (Wildman–Crippen MR) is 130 cm³/mol. The van der Waals surface area contributed by atoms with Gasteiger partial charge in [0.15, 0.2) is 5.82 Å². The average Bonchev–Trinajstić information content (AvgIpc) is 3.25. The van der Waals surface area contributed by atoms with Gasteiger partial charge in [-0.2, -0.15) is 10.1 Å². The fraction of sp³-hybridized carbons (Fsp3) is 0.565. The van der Waals surface area contributed by atoms with Crippen molar-refractivity contribution in [3.8, 4) is 0 Å². The van der Waals surface area contributed by atoms with E-state index in [1.54, 1.807) is 23.4 Å². The molecule has 0 amide bonds. The van der Waals surface area contributed by atoms with Gasteiger partial charge in [-0.1, -0.05) is 0 Å². The van der Waals surface area contributed by atoms with Crippen LogP contribution in [0.25, 0.3) is 10.9 Å².